The number of halogens is 1. The molecule has 5 nitrogen and oxygen atoms in total. The Morgan fingerprint density at radius 1 is 0.889 bits per heavy atom. The predicted octanol–water partition coefficient (Wildman–Crippen LogP) is 3.00. The molecule has 0 aliphatic heterocycles. The summed E-state index contributed by atoms with van der Waals surface area (Å²) in [6.45, 7) is 16.1. The third-order valence-electron chi connectivity index (χ3n) is 7.27. The Hall–Kier alpha value is -2.57. The molecule has 0 aliphatic rings. The van der Waals surface area contributed by atoms with Crippen LogP contribution in [0.1, 0.15) is 47.8 Å². The second-order valence-electron chi connectivity index (χ2n) is 9.47. The lowest BCUT2D eigenvalue weighted by Crippen LogP contribution is -3.00. The van der Waals surface area contributed by atoms with Gasteiger partial charge in [-0.3, -0.25) is 4.79 Å². The molecule has 196 valence electrons. The Labute approximate surface area is 227 Å². The fraction of sp³-hybridized carbons (Fsp3) is 0.433. The number of carbonyl (C=O) groups is 1. The first-order valence-electron chi connectivity index (χ1n) is 12.7. The molecular weight excluding hydrogens is 516 g/mol. The number of carbonyl (C=O) groups excluding carboxylic acids is 1. The van der Waals surface area contributed by atoms with E-state index >= 15 is 0 Å². The van der Waals surface area contributed by atoms with E-state index in [1.165, 1.54) is 16.7 Å². The van der Waals surface area contributed by atoms with Gasteiger partial charge in [0.05, 0.1) is 46.0 Å². The molecule has 36 heavy (non-hydrogen) atoms. The number of aryl methyl sites for hydroxylation is 2. The van der Waals surface area contributed by atoms with Crippen molar-refractivity contribution in [1.82, 2.24) is 4.90 Å². The minimum Gasteiger partial charge on any atom is -1.00 e. The fourth-order valence-corrected chi connectivity index (χ4v) is 5.09. The lowest BCUT2D eigenvalue weighted by Gasteiger charge is -2.38. The minimum absolute atomic E-state index is 0. The number of amides is 1. The normalized spacial score (nSPS) is 11.2. The van der Waals surface area contributed by atoms with Crippen LogP contribution in [0.25, 0.3) is 10.8 Å². The van der Waals surface area contributed by atoms with Crippen LogP contribution in [-0.4, -0.2) is 62.2 Å². The van der Waals surface area contributed by atoms with Gasteiger partial charge in [0.15, 0.2) is 0 Å². The number of fused-ring (bicyclic) bond motifs is 1. The van der Waals surface area contributed by atoms with Crippen molar-refractivity contribution in [3.8, 4) is 11.5 Å². The highest BCUT2D eigenvalue weighted by Gasteiger charge is 2.27. The van der Waals surface area contributed by atoms with Crippen molar-refractivity contribution in [3.63, 3.8) is 0 Å². The van der Waals surface area contributed by atoms with Crippen LogP contribution in [0.3, 0.4) is 0 Å². The topological polar surface area (TPSA) is 38.8 Å². The van der Waals surface area contributed by atoms with Gasteiger partial charge >= 0.3 is 0 Å². The summed E-state index contributed by atoms with van der Waals surface area (Å²) in [6, 6.07) is 16.5. The van der Waals surface area contributed by atoms with Gasteiger partial charge in [-0.05, 0) is 58.2 Å². The molecular formula is C30H41BrN2O3. The van der Waals surface area contributed by atoms with Crippen LogP contribution in [0.2, 0.25) is 0 Å². The van der Waals surface area contributed by atoms with Crippen molar-refractivity contribution >= 4 is 16.7 Å². The molecule has 0 aliphatic carbocycles. The highest BCUT2D eigenvalue weighted by Crippen LogP contribution is 2.32. The highest BCUT2D eigenvalue weighted by molar-refractivity contribution is 6.02. The van der Waals surface area contributed by atoms with Gasteiger partial charge in [-0.25, -0.2) is 0 Å². The first-order chi connectivity index (χ1) is 16.8. The largest absolute Gasteiger partial charge is 1.00 e. The van der Waals surface area contributed by atoms with E-state index in [2.05, 4.69) is 45.9 Å². The number of ether oxygens (including phenoxy) is 2. The van der Waals surface area contributed by atoms with E-state index in [1.54, 1.807) is 14.2 Å². The zero-order valence-corrected chi connectivity index (χ0v) is 24.4. The van der Waals surface area contributed by atoms with Gasteiger partial charge in [0.1, 0.15) is 18.0 Å². The lowest BCUT2D eigenvalue weighted by molar-refractivity contribution is -0.937. The lowest BCUT2D eigenvalue weighted by atomic mass is 10.0. The number of quaternary nitrogens is 1. The zero-order valence-electron chi connectivity index (χ0n) is 22.9. The maximum atomic E-state index is 13.7. The SMILES string of the molecule is CCN(CC[N+](CC)(CC)Cc1cc(C)cc(C)c1)C(=O)c1cc2cccc(OC)c2cc1OC.[Br-]. The highest BCUT2D eigenvalue weighted by atomic mass is 79.9. The summed E-state index contributed by atoms with van der Waals surface area (Å²) < 4.78 is 12.1. The van der Waals surface area contributed by atoms with Gasteiger partial charge in [-0.15, -0.1) is 0 Å². The monoisotopic (exact) mass is 556 g/mol. The second kappa shape index (κ2) is 13.1. The molecule has 3 aromatic carbocycles. The van der Waals surface area contributed by atoms with Gasteiger partial charge in [0.2, 0.25) is 0 Å². The summed E-state index contributed by atoms with van der Waals surface area (Å²) in [5.74, 6) is 1.35. The standard InChI is InChI=1S/C30H41N2O3.BrH/c1-8-31(14-15-32(9-2,10-3)21-24-17-22(4)16-23(5)18-24)30(33)27-19-25-12-11-13-28(34-6)26(25)20-29(27)35-7;/h11-13,16-20H,8-10,14-15,21H2,1-7H3;1H/q+1;/p-1. The number of rotatable bonds is 11. The van der Waals surface area contributed by atoms with Crippen molar-refractivity contribution in [2.45, 2.75) is 41.2 Å². The molecule has 0 spiro atoms. The number of benzene rings is 3. The summed E-state index contributed by atoms with van der Waals surface area (Å²) in [4.78, 5) is 15.7. The molecule has 0 bridgehead atoms. The van der Waals surface area contributed by atoms with Crippen molar-refractivity contribution in [3.05, 3.63) is 70.8 Å². The van der Waals surface area contributed by atoms with Gasteiger partial charge < -0.3 is 35.8 Å². The molecule has 0 atom stereocenters. The maximum absolute atomic E-state index is 13.7. The molecule has 0 radical (unpaired) electrons. The van der Waals surface area contributed by atoms with E-state index in [-0.39, 0.29) is 22.9 Å². The number of nitrogens with zero attached hydrogens (tertiary/aromatic N) is 2. The third kappa shape index (κ3) is 6.60. The van der Waals surface area contributed by atoms with E-state index in [4.69, 9.17) is 9.47 Å². The Bertz CT molecular complexity index is 1150. The van der Waals surface area contributed by atoms with E-state index in [9.17, 15) is 4.79 Å². The van der Waals surface area contributed by atoms with Crippen LogP contribution in [0.5, 0.6) is 11.5 Å². The smallest absolute Gasteiger partial charge is 0.257 e. The van der Waals surface area contributed by atoms with Crippen LogP contribution in [-0.2, 0) is 6.54 Å². The molecule has 0 N–H and O–H groups in total. The first-order valence-corrected chi connectivity index (χ1v) is 12.7. The Balaban J connectivity index is 0.00000456. The number of likely N-dealkylation sites (N-methyl/N-ethyl adjacent to an activating group) is 2. The first kappa shape index (κ1) is 29.7. The summed E-state index contributed by atoms with van der Waals surface area (Å²) >= 11 is 0. The minimum atomic E-state index is 0. The van der Waals surface area contributed by atoms with Gasteiger partial charge in [0.25, 0.3) is 5.91 Å². The summed E-state index contributed by atoms with van der Waals surface area (Å²) in [6.07, 6.45) is 0. The molecule has 0 saturated carbocycles. The molecule has 0 fully saturated rings. The predicted molar refractivity (Wildman–Crippen MR) is 144 cm³/mol. The average molecular weight is 558 g/mol. The van der Waals surface area contributed by atoms with Crippen LogP contribution < -0.4 is 26.5 Å². The molecule has 6 heteroatoms. The molecule has 3 aromatic rings. The number of hydrogen-bond donors (Lipinski definition) is 0. The summed E-state index contributed by atoms with van der Waals surface area (Å²) in [5, 5.41) is 1.90. The van der Waals surface area contributed by atoms with Crippen LogP contribution in [0.15, 0.2) is 48.5 Å². The summed E-state index contributed by atoms with van der Waals surface area (Å²) in [7, 11) is 3.27. The average Bonchev–Trinajstić information content (AvgIpc) is 2.86. The quantitative estimate of drug-likeness (QED) is 0.341. The Morgan fingerprint density at radius 3 is 2.08 bits per heavy atom. The van der Waals surface area contributed by atoms with Crippen LogP contribution >= 0.6 is 0 Å². The Kier molecular flexibility index (Phi) is 10.8. The number of methoxy groups -OCH3 is 2. The van der Waals surface area contributed by atoms with Crippen molar-refractivity contribution in [2.75, 3.05) is 46.9 Å². The molecule has 3 rings (SSSR count). The molecule has 0 aromatic heterocycles. The van der Waals surface area contributed by atoms with Gasteiger partial charge in [-0.1, -0.05) is 41.5 Å². The zero-order chi connectivity index (χ0) is 25.6. The molecule has 0 saturated heterocycles. The van der Waals surface area contributed by atoms with Crippen molar-refractivity contribution < 1.29 is 35.7 Å². The van der Waals surface area contributed by atoms with Gasteiger partial charge in [0, 0.05) is 17.5 Å². The molecule has 0 heterocycles. The third-order valence-corrected chi connectivity index (χ3v) is 7.27. The van der Waals surface area contributed by atoms with E-state index in [0.29, 0.717) is 24.4 Å². The van der Waals surface area contributed by atoms with E-state index < -0.39 is 0 Å². The van der Waals surface area contributed by atoms with Gasteiger partial charge in [-0.2, -0.15) is 0 Å². The fourth-order valence-electron chi connectivity index (χ4n) is 5.09. The second-order valence-corrected chi connectivity index (χ2v) is 9.47. The van der Waals surface area contributed by atoms with E-state index in [1.807, 2.05) is 42.2 Å². The molecule has 0 unspecified atom stereocenters. The van der Waals surface area contributed by atoms with E-state index in [0.717, 1.165) is 47.2 Å². The van der Waals surface area contributed by atoms with Crippen molar-refractivity contribution in [2.24, 2.45) is 0 Å². The maximum Gasteiger partial charge on any atom is 0.257 e. The van der Waals surface area contributed by atoms with Crippen molar-refractivity contribution in [1.29, 1.82) is 0 Å². The Morgan fingerprint density at radius 2 is 1.53 bits per heavy atom. The number of hydrogen-bond acceptors (Lipinski definition) is 3. The summed E-state index contributed by atoms with van der Waals surface area (Å²) in [5.41, 5.74) is 4.56. The molecule has 1 amide bonds. The van der Waals surface area contributed by atoms with Crippen LogP contribution in [0.4, 0.5) is 0 Å². The van der Waals surface area contributed by atoms with Crippen LogP contribution in [0, 0.1) is 13.8 Å².